The maximum Gasteiger partial charge on any atom is 0.222 e. The summed E-state index contributed by atoms with van der Waals surface area (Å²) in [4.78, 5) is 20.4. The number of carbonyl (C=O) groups excluding carboxylic acids is 1. The van der Waals surface area contributed by atoms with Gasteiger partial charge in [-0.15, -0.1) is 0 Å². The van der Waals surface area contributed by atoms with Gasteiger partial charge in [-0.1, -0.05) is 30.3 Å². The van der Waals surface area contributed by atoms with Gasteiger partial charge in [0.1, 0.15) is 5.82 Å². The molecule has 3 rings (SSSR count). The first-order valence-electron chi connectivity index (χ1n) is 8.05. The first-order valence-corrected chi connectivity index (χ1v) is 8.05. The predicted molar refractivity (Wildman–Crippen MR) is 95.6 cm³/mol. The molecule has 1 amide bonds. The van der Waals surface area contributed by atoms with Crippen molar-refractivity contribution in [3.8, 4) is 11.3 Å². The second kappa shape index (κ2) is 7.66. The number of hydrogen-bond acceptors (Lipinski definition) is 3. The molecule has 0 aliphatic heterocycles. The molecule has 0 atom stereocenters. The van der Waals surface area contributed by atoms with Crippen molar-refractivity contribution in [2.24, 2.45) is 0 Å². The number of hydrogen-bond donors (Lipinski definition) is 1. The second-order valence-electron chi connectivity index (χ2n) is 5.72. The highest BCUT2D eigenvalue weighted by Crippen LogP contribution is 2.21. The second-order valence-corrected chi connectivity index (χ2v) is 5.72. The SMILES string of the molecule is CC(=O)Nc1ncc(-c2ccc(F)cc2)nc1CCc1ccccc1. The number of rotatable bonds is 5. The molecule has 0 radical (unpaired) electrons. The molecule has 3 aromatic rings. The van der Waals surface area contributed by atoms with Gasteiger partial charge in [0.15, 0.2) is 5.82 Å². The molecule has 5 heteroatoms. The Kier molecular flexibility index (Phi) is 5.14. The van der Waals surface area contributed by atoms with Gasteiger partial charge >= 0.3 is 0 Å². The third-order valence-corrected chi connectivity index (χ3v) is 3.77. The van der Waals surface area contributed by atoms with Gasteiger partial charge in [0, 0.05) is 12.5 Å². The van der Waals surface area contributed by atoms with Crippen LogP contribution < -0.4 is 5.32 Å². The molecular weight excluding hydrogens is 317 g/mol. The smallest absolute Gasteiger partial charge is 0.222 e. The molecule has 0 spiro atoms. The van der Waals surface area contributed by atoms with Crippen molar-refractivity contribution >= 4 is 11.7 Å². The van der Waals surface area contributed by atoms with Crippen LogP contribution in [-0.4, -0.2) is 15.9 Å². The summed E-state index contributed by atoms with van der Waals surface area (Å²) in [6, 6.07) is 16.2. The van der Waals surface area contributed by atoms with Crippen molar-refractivity contribution < 1.29 is 9.18 Å². The zero-order valence-electron chi connectivity index (χ0n) is 13.9. The van der Waals surface area contributed by atoms with Gasteiger partial charge < -0.3 is 5.32 Å². The Labute approximate surface area is 145 Å². The fourth-order valence-electron chi connectivity index (χ4n) is 2.54. The summed E-state index contributed by atoms with van der Waals surface area (Å²) in [7, 11) is 0. The van der Waals surface area contributed by atoms with E-state index in [1.807, 2.05) is 18.2 Å². The molecule has 0 aliphatic rings. The normalized spacial score (nSPS) is 10.5. The molecule has 0 unspecified atom stereocenters. The van der Waals surface area contributed by atoms with Crippen molar-refractivity contribution in [1.82, 2.24) is 9.97 Å². The van der Waals surface area contributed by atoms with Crippen LogP contribution in [0.4, 0.5) is 10.2 Å². The van der Waals surface area contributed by atoms with Crippen molar-refractivity contribution in [3.05, 3.63) is 77.9 Å². The highest BCUT2D eigenvalue weighted by molar-refractivity contribution is 5.88. The van der Waals surface area contributed by atoms with Crippen molar-refractivity contribution in [3.63, 3.8) is 0 Å². The van der Waals surface area contributed by atoms with E-state index in [1.165, 1.54) is 24.6 Å². The fourth-order valence-corrected chi connectivity index (χ4v) is 2.54. The number of nitrogens with one attached hydrogen (secondary N) is 1. The van der Waals surface area contributed by atoms with E-state index in [4.69, 9.17) is 0 Å². The Hall–Kier alpha value is -3.08. The highest BCUT2D eigenvalue weighted by Gasteiger charge is 2.11. The molecule has 0 saturated carbocycles. The van der Waals surface area contributed by atoms with E-state index < -0.39 is 0 Å². The average Bonchev–Trinajstić information content (AvgIpc) is 2.62. The number of nitrogens with zero attached hydrogens (tertiary/aromatic N) is 2. The summed E-state index contributed by atoms with van der Waals surface area (Å²) in [5.41, 5.74) is 3.33. The number of halogens is 1. The zero-order valence-corrected chi connectivity index (χ0v) is 13.9. The maximum atomic E-state index is 13.1. The van der Waals surface area contributed by atoms with Gasteiger partial charge in [-0.25, -0.2) is 14.4 Å². The van der Waals surface area contributed by atoms with Gasteiger partial charge in [0.05, 0.1) is 17.6 Å². The minimum absolute atomic E-state index is 0.190. The standard InChI is InChI=1S/C20H18FN3O/c1-14(25)23-20-18(12-7-15-5-3-2-4-6-15)24-19(13-22-20)16-8-10-17(21)11-9-16/h2-6,8-11,13H,7,12H2,1H3,(H,22,23,25). The molecule has 2 aromatic carbocycles. The Morgan fingerprint density at radius 2 is 1.76 bits per heavy atom. The van der Waals surface area contributed by atoms with Crippen molar-refractivity contribution in [2.45, 2.75) is 19.8 Å². The molecule has 0 fully saturated rings. The Bertz CT molecular complexity index is 864. The maximum absolute atomic E-state index is 13.1. The van der Waals surface area contributed by atoms with Crippen LogP contribution in [0, 0.1) is 5.82 Å². The van der Waals surface area contributed by atoms with Gasteiger partial charge in [-0.3, -0.25) is 4.79 Å². The molecule has 0 saturated heterocycles. The van der Waals surface area contributed by atoms with Crippen LogP contribution in [-0.2, 0) is 17.6 Å². The fraction of sp³-hybridized carbons (Fsp3) is 0.150. The minimum atomic E-state index is -0.295. The van der Waals surface area contributed by atoms with Crippen molar-refractivity contribution in [1.29, 1.82) is 0 Å². The molecular formula is C20H18FN3O. The zero-order chi connectivity index (χ0) is 17.6. The van der Waals surface area contributed by atoms with E-state index >= 15 is 0 Å². The molecule has 1 aromatic heterocycles. The topological polar surface area (TPSA) is 54.9 Å². The Morgan fingerprint density at radius 1 is 1.04 bits per heavy atom. The number of aromatic nitrogens is 2. The van der Waals surface area contributed by atoms with E-state index in [1.54, 1.807) is 18.3 Å². The molecule has 1 N–H and O–H groups in total. The summed E-state index contributed by atoms with van der Waals surface area (Å²) in [5.74, 6) is -0.0186. The summed E-state index contributed by atoms with van der Waals surface area (Å²) in [5, 5.41) is 2.72. The number of aryl methyl sites for hydroxylation is 2. The first kappa shape index (κ1) is 16.8. The molecule has 1 heterocycles. The molecule has 0 bridgehead atoms. The number of benzene rings is 2. The van der Waals surface area contributed by atoms with E-state index in [9.17, 15) is 9.18 Å². The van der Waals surface area contributed by atoms with Crippen LogP contribution in [0.25, 0.3) is 11.3 Å². The Balaban J connectivity index is 1.89. The largest absolute Gasteiger partial charge is 0.309 e. The van der Waals surface area contributed by atoms with E-state index in [2.05, 4.69) is 27.4 Å². The summed E-state index contributed by atoms with van der Waals surface area (Å²) in [6.45, 7) is 1.44. The lowest BCUT2D eigenvalue weighted by molar-refractivity contribution is -0.114. The third-order valence-electron chi connectivity index (χ3n) is 3.77. The lowest BCUT2D eigenvalue weighted by atomic mass is 10.1. The molecule has 0 aliphatic carbocycles. The Morgan fingerprint density at radius 3 is 2.44 bits per heavy atom. The van der Waals surface area contributed by atoms with Crippen LogP contribution in [0.3, 0.4) is 0 Å². The van der Waals surface area contributed by atoms with Gasteiger partial charge in [0.25, 0.3) is 0 Å². The van der Waals surface area contributed by atoms with E-state index in [-0.39, 0.29) is 11.7 Å². The number of carbonyl (C=O) groups is 1. The van der Waals surface area contributed by atoms with Crippen LogP contribution in [0.1, 0.15) is 18.2 Å². The van der Waals surface area contributed by atoms with Crippen LogP contribution in [0.5, 0.6) is 0 Å². The minimum Gasteiger partial charge on any atom is -0.309 e. The lowest BCUT2D eigenvalue weighted by Crippen LogP contribution is -2.12. The van der Waals surface area contributed by atoms with Crippen molar-refractivity contribution in [2.75, 3.05) is 5.32 Å². The lowest BCUT2D eigenvalue weighted by Gasteiger charge is -2.10. The average molecular weight is 335 g/mol. The third kappa shape index (κ3) is 4.47. The van der Waals surface area contributed by atoms with Gasteiger partial charge in [-0.05, 0) is 42.7 Å². The molecule has 4 nitrogen and oxygen atoms in total. The van der Waals surface area contributed by atoms with Gasteiger partial charge in [-0.2, -0.15) is 0 Å². The van der Waals surface area contributed by atoms with E-state index in [0.717, 1.165) is 12.0 Å². The molecule has 126 valence electrons. The number of amides is 1. The highest BCUT2D eigenvalue weighted by atomic mass is 19.1. The quantitative estimate of drug-likeness (QED) is 0.766. The summed E-state index contributed by atoms with van der Waals surface area (Å²) < 4.78 is 13.1. The summed E-state index contributed by atoms with van der Waals surface area (Å²) in [6.07, 6.45) is 3.02. The monoisotopic (exact) mass is 335 g/mol. The van der Waals surface area contributed by atoms with Crippen LogP contribution >= 0.6 is 0 Å². The van der Waals surface area contributed by atoms with Gasteiger partial charge in [0.2, 0.25) is 5.91 Å². The predicted octanol–water partition coefficient (Wildman–Crippen LogP) is 4.03. The summed E-state index contributed by atoms with van der Waals surface area (Å²) >= 11 is 0. The first-order chi connectivity index (χ1) is 12.1. The van der Waals surface area contributed by atoms with E-state index in [0.29, 0.717) is 23.6 Å². The van der Waals surface area contributed by atoms with Crippen LogP contribution in [0.2, 0.25) is 0 Å². The molecule has 25 heavy (non-hydrogen) atoms. The number of anilines is 1. The van der Waals surface area contributed by atoms with Crippen LogP contribution in [0.15, 0.2) is 60.8 Å².